The summed E-state index contributed by atoms with van der Waals surface area (Å²) in [4.78, 5) is 38.5. The van der Waals surface area contributed by atoms with Crippen molar-refractivity contribution in [2.24, 2.45) is 0 Å². The van der Waals surface area contributed by atoms with Gasteiger partial charge in [-0.3, -0.25) is 19.3 Å². The average Bonchev–Trinajstić information content (AvgIpc) is 3.21. The number of nitrogens with one attached hydrogen (secondary N) is 1. The lowest BCUT2D eigenvalue weighted by molar-refractivity contribution is -0.122. The number of hydrogen-bond acceptors (Lipinski definition) is 5. The molecular formula is C22H17FN2O4S. The van der Waals surface area contributed by atoms with Crippen molar-refractivity contribution < 1.29 is 23.2 Å². The van der Waals surface area contributed by atoms with E-state index in [2.05, 4.69) is 5.32 Å². The van der Waals surface area contributed by atoms with Gasteiger partial charge in [0.1, 0.15) is 11.4 Å². The number of amides is 3. The van der Waals surface area contributed by atoms with Crippen LogP contribution < -0.4 is 5.32 Å². The molecule has 1 N–H and O–H groups in total. The molecule has 2 heterocycles. The minimum atomic E-state index is -0.441. The SMILES string of the molecule is Cc1c(C(=O)NCCN2C(=O)S/C(=C\c3ccc(F)cc3)C2=O)oc2ccccc12. The molecule has 152 valence electrons. The molecule has 3 aromatic rings. The number of benzene rings is 2. The van der Waals surface area contributed by atoms with Crippen LogP contribution in [0.5, 0.6) is 0 Å². The van der Waals surface area contributed by atoms with Gasteiger partial charge in [-0.25, -0.2) is 4.39 Å². The third-order valence-corrected chi connectivity index (χ3v) is 5.62. The number of furan rings is 1. The Balaban J connectivity index is 1.39. The third kappa shape index (κ3) is 3.86. The number of fused-ring (bicyclic) bond motifs is 1. The zero-order valence-electron chi connectivity index (χ0n) is 16.0. The molecule has 3 amide bonds. The van der Waals surface area contributed by atoms with E-state index in [1.165, 1.54) is 24.3 Å². The Labute approximate surface area is 175 Å². The summed E-state index contributed by atoms with van der Waals surface area (Å²) in [6.07, 6.45) is 1.54. The molecule has 4 rings (SSSR count). The lowest BCUT2D eigenvalue weighted by Crippen LogP contribution is -2.37. The number of aryl methyl sites for hydroxylation is 1. The zero-order valence-corrected chi connectivity index (χ0v) is 16.8. The number of thioether (sulfide) groups is 1. The highest BCUT2D eigenvalue weighted by atomic mass is 32.2. The molecule has 1 aromatic heterocycles. The molecule has 0 radical (unpaired) electrons. The van der Waals surface area contributed by atoms with E-state index < -0.39 is 17.1 Å². The molecule has 0 spiro atoms. The lowest BCUT2D eigenvalue weighted by Gasteiger charge is -2.12. The van der Waals surface area contributed by atoms with Gasteiger partial charge in [-0.2, -0.15) is 0 Å². The van der Waals surface area contributed by atoms with Gasteiger partial charge in [-0.05, 0) is 48.5 Å². The van der Waals surface area contributed by atoms with Gasteiger partial charge in [0.25, 0.3) is 17.1 Å². The van der Waals surface area contributed by atoms with Gasteiger partial charge in [0, 0.05) is 24.0 Å². The number of halogens is 1. The highest BCUT2D eigenvalue weighted by molar-refractivity contribution is 8.18. The number of nitrogens with zero attached hydrogens (tertiary/aromatic N) is 1. The summed E-state index contributed by atoms with van der Waals surface area (Å²) in [6.45, 7) is 1.94. The van der Waals surface area contributed by atoms with Crippen LogP contribution in [0.2, 0.25) is 0 Å². The van der Waals surface area contributed by atoms with Crippen LogP contribution in [0.25, 0.3) is 17.0 Å². The zero-order chi connectivity index (χ0) is 21.3. The fourth-order valence-corrected chi connectivity index (χ4v) is 4.02. The molecule has 0 bridgehead atoms. The van der Waals surface area contributed by atoms with Crippen molar-refractivity contribution >= 4 is 45.9 Å². The molecule has 1 saturated heterocycles. The fourth-order valence-electron chi connectivity index (χ4n) is 3.16. The van der Waals surface area contributed by atoms with E-state index in [9.17, 15) is 18.8 Å². The first-order valence-electron chi connectivity index (χ1n) is 9.21. The van der Waals surface area contributed by atoms with Crippen molar-refractivity contribution in [3.8, 4) is 0 Å². The van der Waals surface area contributed by atoms with Gasteiger partial charge in [-0.1, -0.05) is 30.3 Å². The topological polar surface area (TPSA) is 79.6 Å². The molecule has 0 unspecified atom stereocenters. The summed E-state index contributed by atoms with van der Waals surface area (Å²) >= 11 is 0.815. The first kappa shape index (κ1) is 19.9. The predicted octanol–water partition coefficient (Wildman–Crippen LogP) is 4.35. The number of hydrogen-bond donors (Lipinski definition) is 1. The molecule has 0 saturated carbocycles. The van der Waals surface area contributed by atoms with Crippen molar-refractivity contribution in [2.75, 3.05) is 13.1 Å². The van der Waals surface area contributed by atoms with E-state index in [1.807, 2.05) is 18.2 Å². The second-order valence-electron chi connectivity index (χ2n) is 6.69. The summed E-state index contributed by atoms with van der Waals surface area (Å²) in [5.74, 6) is -1.02. The predicted molar refractivity (Wildman–Crippen MR) is 112 cm³/mol. The average molecular weight is 424 g/mol. The van der Waals surface area contributed by atoms with Gasteiger partial charge in [0.05, 0.1) is 4.91 Å². The van der Waals surface area contributed by atoms with Gasteiger partial charge >= 0.3 is 0 Å². The number of carbonyl (C=O) groups excluding carboxylic acids is 3. The van der Waals surface area contributed by atoms with Crippen LogP contribution >= 0.6 is 11.8 Å². The normalized spacial score (nSPS) is 15.4. The lowest BCUT2D eigenvalue weighted by atomic mass is 10.1. The standard InChI is InChI=1S/C22H17FN2O4S/c1-13-16-4-2-3-5-17(16)29-19(13)20(26)24-10-11-25-21(27)18(30-22(25)28)12-14-6-8-15(23)9-7-14/h2-9,12H,10-11H2,1H3,(H,24,26)/b18-12-. The second-order valence-corrected chi connectivity index (χ2v) is 7.69. The highest BCUT2D eigenvalue weighted by Gasteiger charge is 2.34. The molecule has 0 aliphatic carbocycles. The van der Waals surface area contributed by atoms with Crippen LogP contribution in [0.4, 0.5) is 9.18 Å². The molecule has 6 nitrogen and oxygen atoms in total. The smallest absolute Gasteiger partial charge is 0.293 e. The first-order valence-corrected chi connectivity index (χ1v) is 10.0. The molecule has 1 aliphatic rings. The minimum absolute atomic E-state index is 0.0381. The Hall–Kier alpha value is -3.39. The Morgan fingerprint density at radius 1 is 1.17 bits per heavy atom. The van der Waals surface area contributed by atoms with E-state index in [0.717, 1.165) is 27.6 Å². The number of imide groups is 1. The summed E-state index contributed by atoms with van der Waals surface area (Å²) in [5, 5.41) is 3.14. The Morgan fingerprint density at radius 2 is 1.90 bits per heavy atom. The Kier molecular flexibility index (Phi) is 5.41. The van der Waals surface area contributed by atoms with Crippen LogP contribution in [0.1, 0.15) is 21.7 Å². The Bertz CT molecular complexity index is 1180. The minimum Gasteiger partial charge on any atom is -0.451 e. The summed E-state index contributed by atoms with van der Waals surface area (Å²) in [6, 6.07) is 13.0. The number of carbonyl (C=O) groups is 3. The van der Waals surface area contributed by atoms with E-state index in [0.29, 0.717) is 11.1 Å². The molecule has 1 aliphatic heterocycles. The molecule has 0 atom stereocenters. The molecule has 8 heteroatoms. The fraction of sp³-hybridized carbons (Fsp3) is 0.136. The molecular weight excluding hydrogens is 407 g/mol. The van der Waals surface area contributed by atoms with Crippen molar-refractivity contribution in [3.05, 3.63) is 76.1 Å². The van der Waals surface area contributed by atoms with E-state index in [-0.39, 0.29) is 29.6 Å². The molecule has 30 heavy (non-hydrogen) atoms. The summed E-state index contributed by atoms with van der Waals surface area (Å²) in [7, 11) is 0. The van der Waals surface area contributed by atoms with E-state index >= 15 is 0 Å². The largest absolute Gasteiger partial charge is 0.451 e. The second kappa shape index (κ2) is 8.16. The maximum Gasteiger partial charge on any atom is 0.293 e. The molecule has 2 aromatic carbocycles. The van der Waals surface area contributed by atoms with Crippen molar-refractivity contribution in [1.29, 1.82) is 0 Å². The van der Waals surface area contributed by atoms with Crippen LogP contribution in [-0.2, 0) is 4.79 Å². The molecule has 1 fully saturated rings. The monoisotopic (exact) mass is 424 g/mol. The summed E-state index contributed by atoms with van der Waals surface area (Å²) < 4.78 is 18.6. The van der Waals surface area contributed by atoms with Crippen LogP contribution in [0, 0.1) is 12.7 Å². The Morgan fingerprint density at radius 3 is 2.63 bits per heavy atom. The summed E-state index contributed by atoms with van der Waals surface area (Å²) in [5.41, 5.74) is 1.98. The van der Waals surface area contributed by atoms with Crippen molar-refractivity contribution in [1.82, 2.24) is 10.2 Å². The van der Waals surface area contributed by atoms with Crippen LogP contribution in [0.15, 0.2) is 57.9 Å². The first-order chi connectivity index (χ1) is 14.4. The third-order valence-electron chi connectivity index (χ3n) is 4.71. The van der Waals surface area contributed by atoms with Crippen molar-refractivity contribution in [2.45, 2.75) is 6.92 Å². The van der Waals surface area contributed by atoms with Gasteiger partial charge in [0.2, 0.25) is 0 Å². The highest BCUT2D eigenvalue weighted by Crippen LogP contribution is 2.32. The maximum absolute atomic E-state index is 13.0. The number of rotatable bonds is 5. The van der Waals surface area contributed by atoms with Crippen LogP contribution in [0.3, 0.4) is 0 Å². The van der Waals surface area contributed by atoms with E-state index in [4.69, 9.17) is 4.42 Å². The quantitative estimate of drug-likeness (QED) is 0.616. The van der Waals surface area contributed by atoms with Crippen LogP contribution in [-0.4, -0.2) is 35.0 Å². The van der Waals surface area contributed by atoms with Gasteiger partial charge in [0.15, 0.2) is 5.76 Å². The van der Waals surface area contributed by atoms with Gasteiger partial charge < -0.3 is 9.73 Å². The van der Waals surface area contributed by atoms with Gasteiger partial charge in [-0.15, -0.1) is 0 Å². The maximum atomic E-state index is 13.0. The van der Waals surface area contributed by atoms with E-state index in [1.54, 1.807) is 19.1 Å². The number of para-hydroxylation sites is 1. The van der Waals surface area contributed by atoms with Crippen molar-refractivity contribution in [3.63, 3.8) is 0 Å².